The highest BCUT2D eigenvalue weighted by atomic mass is 16.1. The second kappa shape index (κ2) is 6.68. The lowest BCUT2D eigenvalue weighted by Crippen LogP contribution is -2.54. The van der Waals surface area contributed by atoms with Crippen LogP contribution in [0, 0.1) is 0 Å². The molecule has 4 heteroatoms. The zero-order valence-corrected chi connectivity index (χ0v) is 11.7. The number of nitrogens with one attached hydrogen (secondary N) is 2. The van der Waals surface area contributed by atoms with Gasteiger partial charge in [0, 0.05) is 43.8 Å². The number of para-hydroxylation sites is 1. The summed E-state index contributed by atoms with van der Waals surface area (Å²) in [5.41, 5.74) is 0.870. The lowest BCUT2D eigenvalue weighted by atomic mass is 10.1. The highest BCUT2D eigenvalue weighted by Gasteiger charge is 2.22. The summed E-state index contributed by atoms with van der Waals surface area (Å²) in [4.78, 5) is 14.3. The molecule has 2 N–H and O–H groups in total. The third-order valence-corrected chi connectivity index (χ3v) is 3.58. The van der Waals surface area contributed by atoms with E-state index in [0.29, 0.717) is 18.5 Å². The molecule has 1 amide bonds. The Labute approximate surface area is 115 Å². The first-order chi connectivity index (χ1) is 9.15. The Kier molecular flexibility index (Phi) is 4.93. The number of carbonyl (C=O) groups is 1. The van der Waals surface area contributed by atoms with Crippen LogP contribution in [0.15, 0.2) is 30.3 Å². The minimum Gasteiger partial charge on any atom is -0.326 e. The summed E-state index contributed by atoms with van der Waals surface area (Å²) >= 11 is 0. The van der Waals surface area contributed by atoms with Gasteiger partial charge in [-0.25, -0.2) is 0 Å². The van der Waals surface area contributed by atoms with Crippen molar-refractivity contribution in [3.63, 3.8) is 0 Å². The Hall–Kier alpha value is -1.39. The molecular weight excluding hydrogens is 238 g/mol. The minimum absolute atomic E-state index is 0.0876. The molecular formula is C15H23N3O. The van der Waals surface area contributed by atoms with E-state index in [0.717, 1.165) is 25.3 Å². The Morgan fingerprint density at radius 3 is 2.84 bits per heavy atom. The van der Waals surface area contributed by atoms with Gasteiger partial charge in [0.15, 0.2) is 0 Å². The Bertz CT molecular complexity index is 407. The number of hydrogen-bond donors (Lipinski definition) is 2. The number of rotatable bonds is 4. The van der Waals surface area contributed by atoms with Gasteiger partial charge in [-0.2, -0.15) is 0 Å². The van der Waals surface area contributed by atoms with Gasteiger partial charge in [0.05, 0.1) is 0 Å². The monoisotopic (exact) mass is 261 g/mol. The molecule has 1 aliphatic heterocycles. The third-order valence-electron chi connectivity index (χ3n) is 3.58. The number of benzene rings is 1. The van der Waals surface area contributed by atoms with E-state index in [-0.39, 0.29) is 5.91 Å². The summed E-state index contributed by atoms with van der Waals surface area (Å²) in [5.74, 6) is 0.0876. The van der Waals surface area contributed by atoms with Gasteiger partial charge in [0.25, 0.3) is 0 Å². The van der Waals surface area contributed by atoms with E-state index in [9.17, 15) is 4.79 Å². The molecule has 0 radical (unpaired) electrons. The molecule has 0 bridgehead atoms. The van der Waals surface area contributed by atoms with E-state index in [1.165, 1.54) is 0 Å². The van der Waals surface area contributed by atoms with Crippen LogP contribution in [-0.2, 0) is 4.79 Å². The van der Waals surface area contributed by atoms with Crippen LogP contribution in [0.2, 0.25) is 0 Å². The van der Waals surface area contributed by atoms with Crippen molar-refractivity contribution >= 4 is 11.6 Å². The number of nitrogens with zero attached hydrogens (tertiary/aromatic N) is 1. The van der Waals surface area contributed by atoms with E-state index >= 15 is 0 Å². The molecule has 0 aliphatic carbocycles. The average Bonchev–Trinajstić information content (AvgIpc) is 2.41. The molecule has 0 saturated carbocycles. The average molecular weight is 261 g/mol. The normalized spacial score (nSPS) is 24.1. The Morgan fingerprint density at radius 1 is 1.37 bits per heavy atom. The van der Waals surface area contributed by atoms with Gasteiger partial charge in [-0.15, -0.1) is 0 Å². The zero-order valence-electron chi connectivity index (χ0n) is 11.7. The van der Waals surface area contributed by atoms with E-state index < -0.39 is 0 Å². The van der Waals surface area contributed by atoms with Gasteiger partial charge in [-0.3, -0.25) is 9.69 Å². The van der Waals surface area contributed by atoms with Crippen LogP contribution in [-0.4, -0.2) is 42.5 Å². The number of anilines is 1. The van der Waals surface area contributed by atoms with Crippen LogP contribution >= 0.6 is 0 Å². The fourth-order valence-corrected chi connectivity index (χ4v) is 2.40. The lowest BCUT2D eigenvalue weighted by Gasteiger charge is -2.37. The molecule has 4 nitrogen and oxygen atoms in total. The first-order valence-electron chi connectivity index (χ1n) is 6.97. The maximum absolute atomic E-state index is 11.9. The van der Waals surface area contributed by atoms with Crippen LogP contribution in [0.5, 0.6) is 0 Å². The Balaban J connectivity index is 1.77. The number of carbonyl (C=O) groups excluding carboxylic acids is 1. The first-order valence-corrected chi connectivity index (χ1v) is 6.97. The van der Waals surface area contributed by atoms with Gasteiger partial charge in [-0.1, -0.05) is 18.2 Å². The van der Waals surface area contributed by atoms with Crippen LogP contribution in [0.4, 0.5) is 5.69 Å². The molecule has 19 heavy (non-hydrogen) atoms. The summed E-state index contributed by atoms with van der Waals surface area (Å²) in [7, 11) is 0. The van der Waals surface area contributed by atoms with E-state index in [1.54, 1.807) is 0 Å². The molecule has 1 fully saturated rings. The van der Waals surface area contributed by atoms with Gasteiger partial charge < -0.3 is 10.6 Å². The molecule has 2 atom stereocenters. The van der Waals surface area contributed by atoms with Gasteiger partial charge in [-0.05, 0) is 26.0 Å². The molecule has 1 aromatic carbocycles. The van der Waals surface area contributed by atoms with Crippen molar-refractivity contribution in [2.75, 3.05) is 25.0 Å². The number of piperazine rings is 1. The van der Waals surface area contributed by atoms with Crippen molar-refractivity contribution in [3.8, 4) is 0 Å². The molecule has 0 aromatic heterocycles. The zero-order chi connectivity index (χ0) is 13.7. The molecule has 2 rings (SSSR count). The molecule has 0 spiro atoms. The second-order valence-corrected chi connectivity index (χ2v) is 5.32. The summed E-state index contributed by atoms with van der Waals surface area (Å²) in [6, 6.07) is 10.6. The van der Waals surface area contributed by atoms with Gasteiger partial charge in [0.1, 0.15) is 0 Å². The molecule has 1 saturated heterocycles. The van der Waals surface area contributed by atoms with Gasteiger partial charge >= 0.3 is 0 Å². The second-order valence-electron chi connectivity index (χ2n) is 5.32. The largest absolute Gasteiger partial charge is 0.326 e. The van der Waals surface area contributed by atoms with Crippen LogP contribution in [0.25, 0.3) is 0 Å². The summed E-state index contributed by atoms with van der Waals surface area (Å²) < 4.78 is 0. The van der Waals surface area contributed by atoms with Crippen molar-refractivity contribution in [1.29, 1.82) is 0 Å². The number of amides is 1. The predicted octanol–water partition coefficient (Wildman–Crippen LogP) is 1.70. The maximum Gasteiger partial charge on any atom is 0.225 e. The van der Waals surface area contributed by atoms with E-state index in [2.05, 4.69) is 29.4 Å². The molecule has 104 valence electrons. The first kappa shape index (κ1) is 14.0. The van der Waals surface area contributed by atoms with Crippen LogP contribution < -0.4 is 10.6 Å². The SMILES string of the molecule is CC1CN(CCC(=O)Nc2ccccc2)C(C)CN1. The molecule has 2 unspecified atom stereocenters. The standard InChI is InChI=1S/C15H23N3O/c1-12-11-18(13(2)10-16-12)9-8-15(19)17-14-6-4-3-5-7-14/h3-7,12-13,16H,8-11H2,1-2H3,(H,17,19). The summed E-state index contributed by atoms with van der Waals surface area (Å²) in [5, 5.41) is 6.37. The molecule has 1 aromatic rings. The Morgan fingerprint density at radius 2 is 2.11 bits per heavy atom. The molecule has 1 heterocycles. The third kappa shape index (κ3) is 4.33. The van der Waals surface area contributed by atoms with Crippen molar-refractivity contribution in [1.82, 2.24) is 10.2 Å². The lowest BCUT2D eigenvalue weighted by molar-refractivity contribution is -0.116. The summed E-state index contributed by atoms with van der Waals surface area (Å²) in [6.45, 7) is 7.23. The quantitative estimate of drug-likeness (QED) is 0.867. The fraction of sp³-hybridized carbons (Fsp3) is 0.533. The van der Waals surface area contributed by atoms with E-state index in [4.69, 9.17) is 0 Å². The summed E-state index contributed by atoms with van der Waals surface area (Å²) in [6.07, 6.45) is 0.548. The van der Waals surface area contributed by atoms with Gasteiger partial charge in [0.2, 0.25) is 5.91 Å². The fourth-order valence-electron chi connectivity index (χ4n) is 2.40. The van der Waals surface area contributed by atoms with Crippen molar-refractivity contribution < 1.29 is 4.79 Å². The predicted molar refractivity (Wildman–Crippen MR) is 78.2 cm³/mol. The topological polar surface area (TPSA) is 44.4 Å². The highest BCUT2D eigenvalue weighted by Crippen LogP contribution is 2.09. The maximum atomic E-state index is 11.9. The number of hydrogen-bond acceptors (Lipinski definition) is 3. The highest BCUT2D eigenvalue weighted by molar-refractivity contribution is 5.90. The van der Waals surface area contributed by atoms with E-state index in [1.807, 2.05) is 30.3 Å². The molecule has 1 aliphatic rings. The minimum atomic E-state index is 0.0876. The van der Waals surface area contributed by atoms with Crippen LogP contribution in [0.3, 0.4) is 0 Å². The van der Waals surface area contributed by atoms with Crippen molar-refractivity contribution in [2.45, 2.75) is 32.4 Å². The van der Waals surface area contributed by atoms with Crippen LogP contribution in [0.1, 0.15) is 20.3 Å². The smallest absolute Gasteiger partial charge is 0.225 e. The van der Waals surface area contributed by atoms with Crippen molar-refractivity contribution in [3.05, 3.63) is 30.3 Å². The van der Waals surface area contributed by atoms with Crippen molar-refractivity contribution in [2.24, 2.45) is 0 Å².